The number of anilines is 1. The summed E-state index contributed by atoms with van der Waals surface area (Å²) in [6.45, 7) is 4.03. The summed E-state index contributed by atoms with van der Waals surface area (Å²) < 4.78 is 6.64. The number of benzene rings is 1. The summed E-state index contributed by atoms with van der Waals surface area (Å²) in [4.78, 5) is 0. The van der Waals surface area contributed by atoms with Crippen molar-refractivity contribution in [3.05, 3.63) is 52.4 Å². The normalized spacial score (nSPS) is 12.4. The van der Waals surface area contributed by atoms with Crippen molar-refractivity contribution >= 4 is 21.6 Å². The van der Waals surface area contributed by atoms with Gasteiger partial charge in [-0.3, -0.25) is 0 Å². The van der Waals surface area contributed by atoms with Gasteiger partial charge in [-0.15, -0.1) is 0 Å². The van der Waals surface area contributed by atoms with E-state index in [1.165, 1.54) is 0 Å². The summed E-state index contributed by atoms with van der Waals surface area (Å²) in [6, 6.07) is 12.2. The first-order valence-corrected chi connectivity index (χ1v) is 6.03. The lowest BCUT2D eigenvalue weighted by Gasteiger charge is -2.14. The predicted molar refractivity (Wildman–Crippen MR) is 69.6 cm³/mol. The zero-order chi connectivity index (χ0) is 11.5. The smallest absolute Gasteiger partial charge is 0.126 e. The molecule has 3 heteroatoms. The van der Waals surface area contributed by atoms with Crippen LogP contribution in [0.5, 0.6) is 0 Å². The molecule has 1 unspecified atom stereocenters. The van der Waals surface area contributed by atoms with Gasteiger partial charge in [-0.1, -0.05) is 12.1 Å². The highest BCUT2D eigenvalue weighted by Gasteiger charge is 2.10. The molecule has 2 aromatic rings. The van der Waals surface area contributed by atoms with Crippen LogP contribution in [0.4, 0.5) is 5.69 Å². The molecule has 1 atom stereocenters. The topological polar surface area (TPSA) is 25.2 Å². The molecule has 2 rings (SSSR count). The van der Waals surface area contributed by atoms with Crippen LogP contribution in [0.3, 0.4) is 0 Å². The lowest BCUT2D eigenvalue weighted by molar-refractivity contribution is 0.467. The molecule has 1 N–H and O–H groups in total. The Hall–Kier alpha value is -1.22. The Bertz CT molecular complexity index is 478. The summed E-state index contributed by atoms with van der Waals surface area (Å²) in [5, 5.41) is 3.40. The van der Waals surface area contributed by atoms with Crippen molar-refractivity contribution in [3.8, 4) is 0 Å². The van der Waals surface area contributed by atoms with E-state index in [0.29, 0.717) is 0 Å². The van der Waals surface area contributed by atoms with Gasteiger partial charge in [0.1, 0.15) is 11.5 Å². The Balaban J connectivity index is 2.13. The van der Waals surface area contributed by atoms with Gasteiger partial charge in [-0.25, -0.2) is 0 Å². The van der Waals surface area contributed by atoms with Gasteiger partial charge < -0.3 is 9.73 Å². The van der Waals surface area contributed by atoms with Crippen molar-refractivity contribution in [2.75, 3.05) is 5.32 Å². The Labute approximate surface area is 104 Å². The Morgan fingerprint density at radius 3 is 2.56 bits per heavy atom. The van der Waals surface area contributed by atoms with Gasteiger partial charge in [-0.2, -0.15) is 0 Å². The number of hydrogen-bond donors (Lipinski definition) is 1. The maximum Gasteiger partial charge on any atom is 0.126 e. The van der Waals surface area contributed by atoms with Gasteiger partial charge in [0.05, 0.1) is 6.04 Å². The quantitative estimate of drug-likeness (QED) is 0.894. The summed E-state index contributed by atoms with van der Waals surface area (Å²) in [7, 11) is 0. The van der Waals surface area contributed by atoms with Gasteiger partial charge in [-0.05, 0) is 54.0 Å². The number of para-hydroxylation sites is 1. The number of furan rings is 1. The molecule has 0 saturated heterocycles. The van der Waals surface area contributed by atoms with Crippen molar-refractivity contribution in [1.29, 1.82) is 0 Å². The average molecular weight is 280 g/mol. The SMILES string of the molecule is Cc1ccc(C(C)Nc2ccccc2Br)o1. The van der Waals surface area contributed by atoms with E-state index >= 15 is 0 Å². The van der Waals surface area contributed by atoms with Crippen molar-refractivity contribution < 1.29 is 4.42 Å². The van der Waals surface area contributed by atoms with Gasteiger partial charge in [0.2, 0.25) is 0 Å². The molecule has 0 bridgehead atoms. The first kappa shape index (κ1) is 11.3. The van der Waals surface area contributed by atoms with E-state index in [1.807, 2.05) is 43.3 Å². The first-order valence-electron chi connectivity index (χ1n) is 5.24. The van der Waals surface area contributed by atoms with E-state index in [4.69, 9.17) is 4.42 Å². The fourth-order valence-corrected chi connectivity index (χ4v) is 1.97. The molecular formula is C13H14BrNO. The minimum atomic E-state index is 0.160. The van der Waals surface area contributed by atoms with E-state index in [-0.39, 0.29) is 6.04 Å². The highest BCUT2D eigenvalue weighted by molar-refractivity contribution is 9.10. The second-order valence-electron chi connectivity index (χ2n) is 3.79. The van der Waals surface area contributed by atoms with Gasteiger partial charge in [0.25, 0.3) is 0 Å². The molecule has 1 aromatic heterocycles. The van der Waals surface area contributed by atoms with Crippen molar-refractivity contribution in [2.45, 2.75) is 19.9 Å². The molecule has 0 amide bonds. The molecule has 0 radical (unpaired) electrons. The van der Waals surface area contributed by atoms with Gasteiger partial charge >= 0.3 is 0 Å². The molecule has 16 heavy (non-hydrogen) atoms. The number of hydrogen-bond acceptors (Lipinski definition) is 2. The van der Waals surface area contributed by atoms with Crippen LogP contribution in [0.2, 0.25) is 0 Å². The highest BCUT2D eigenvalue weighted by Crippen LogP contribution is 2.26. The Kier molecular flexibility index (Phi) is 3.34. The molecule has 0 aliphatic carbocycles. The standard InChI is InChI=1S/C13H14BrNO/c1-9-7-8-13(16-9)10(2)15-12-6-4-3-5-11(12)14/h3-8,10,15H,1-2H3. The summed E-state index contributed by atoms with van der Waals surface area (Å²) >= 11 is 3.51. The van der Waals surface area contributed by atoms with Crippen LogP contribution in [-0.2, 0) is 0 Å². The lowest BCUT2D eigenvalue weighted by Crippen LogP contribution is -2.05. The molecule has 0 fully saturated rings. The van der Waals surface area contributed by atoms with E-state index in [1.54, 1.807) is 0 Å². The maximum absolute atomic E-state index is 5.58. The largest absolute Gasteiger partial charge is 0.464 e. The third kappa shape index (κ3) is 2.47. The fourth-order valence-electron chi connectivity index (χ4n) is 1.57. The summed E-state index contributed by atoms with van der Waals surface area (Å²) in [6.07, 6.45) is 0. The van der Waals surface area contributed by atoms with Crippen LogP contribution >= 0.6 is 15.9 Å². The van der Waals surface area contributed by atoms with Crippen LogP contribution in [0.1, 0.15) is 24.5 Å². The number of rotatable bonds is 3. The minimum Gasteiger partial charge on any atom is -0.464 e. The van der Waals surface area contributed by atoms with Crippen molar-refractivity contribution in [1.82, 2.24) is 0 Å². The van der Waals surface area contributed by atoms with Crippen LogP contribution in [0, 0.1) is 6.92 Å². The molecule has 0 spiro atoms. The third-order valence-electron chi connectivity index (χ3n) is 2.43. The molecule has 0 aliphatic rings. The average Bonchev–Trinajstić information content (AvgIpc) is 2.68. The molecule has 2 nitrogen and oxygen atoms in total. The minimum absolute atomic E-state index is 0.160. The third-order valence-corrected chi connectivity index (χ3v) is 3.13. The van der Waals surface area contributed by atoms with Crippen LogP contribution in [-0.4, -0.2) is 0 Å². The summed E-state index contributed by atoms with van der Waals surface area (Å²) in [5.74, 6) is 1.89. The zero-order valence-electron chi connectivity index (χ0n) is 9.33. The van der Waals surface area contributed by atoms with Crippen LogP contribution < -0.4 is 5.32 Å². The van der Waals surface area contributed by atoms with Crippen LogP contribution in [0.25, 0.3) is 0 Å². The van der Waals surface area contributed by atoms with E-state index in [2.05, 4.69) is 28.2 Å². The molecule has 1 heterocycles. The number of nitrogens with one attached hydrogen (secondary N) is 1. The molecular weight excluding hydrogens is 266 g/mol. The van der Waals surface area contributed by atoms with E-state index < -0.39 is 0 Å². The molecule has 0 saturated carbocycles. The van der Waals surface area contributed by atoms with Gasteiger partial charge in [0.15, 0.2) is 0 Å². The van der Waals surface area contributed by atoms with E-state index in [0.717, 1.165) is 21.7 Å². The Morgan fingerprint density at radius 2 is 1.94 bits per heavy atom. The fraction of sp³-hybridized carbons (Fsp3) is 0.231. The second-order valence-corrected chi connectivity index (χ2v) is 4.65. The van der Waals surface area contributed by atoms with Crippen LogP contribution in [0.15, 0.2) is 45.3 Å². The molecule has 84 valence electrons. The lowest BCUT2D eigenvalue weighted by atomic mass is 10.2. The van der Waals surface area contributed by atoms with Crippen molar-refractivity contribution in [3.63, 3.8) is 0 Å². The number of halogens is 1. The van der Waals surface area contributed by atoms with E-state index in [9.17, 15) is 0 Å². The second kappa shape index (κ2) is 4.74. The summed E-state index contributed by atoms with van der Waals surface area (Å²) in [5.41, 5.74) is 1.07. The first-order chi connectivity index (χ1) is 7.66. The van der Waals surface area contributed by atoms with Crippen molar-refractivity contribution in [2.24, 2.45) is 0 Å². The Morgan fingerprint density at radius 1 is 1.19 bits per heavy atom. The maximum atomic E-state index is 5.58. The highest BCUT2D eigenvalue weighted by atomic mass is 79.9. The molecule has 0 aliphatic heterocycles. The van der Waals surface area contributed by atoms with Gasteiger partial charge in [0, 0.05) is 10.2 Å². The zero-order valence-corrected chi connectivity index (χ0v) is 10.9. The monoisotopic (exact) mass is 279 g/mol. The number of aryl methyl sites for hydroxylation is 1. The predicted octanol–water partition coefficient (Wildman–Crippen LogP) is 4.52. The molecule has 1 aromatic carbocycles.